The normalized spacial score (nSPS) is 16.1. The van der Waals surface area contributed by atoms with Gasteiger partial charge in [0, 0.05) is 6.42 Å². The van der Waals surface area contributed by atoms with Gasteiger partial charge in [0.25, 0.3) is 0 Å². The smallest absolute Gasteiger partial charge is 0.547 e. The van der Waals surface area contributed by atoms with Crippen LogP contribution in [0.4, 0.5) is 0 Å². The van der Waals surface area contributed by atoms with Gasteiger partial charge in [0.1, 0.15) is 23.4 Å². The van der Waals surface area contributed by atoms with Crippen molar-refractivity contribution in [2.24, 2.45) is 0 Å². The van der Waals surface area contributed by atoms with Crippen LogP contribution in [0.3, 0.4) is 0 Å². The molecule has 0 amide bonds. The number of carboxylic acid groups (broad SMARTS) is 4. The summed E-state index contributed by atoms with van der Waals surface area (Å²) in [6.07, 6.45) is -8.64. The topological polar surface area (TPSA) is 286 Å². The molecule has 4 unspecified atom stereocenters. The molecule has 0 aromatic rings. The monoisotopic (exact) mass is 506 g/mol. The van der Waals surface area contributed by atoms with Crippen molar-refractivity contribution in [2.75, 3.05) is 13.4 Å². The summed E-state index contributed by atoms with van der Waals surface area (Å²) in [7, 11) is 0. The van der Waals surface area contributed by atoms with Crippen LogP contribution in [-0.4, -0.2) is 163 Å². The van der Waals surface area contributed by atoms with E-state index in [4.69, 9.17) is 10.2 Å². The maximum atomic E-state index is 11.4. The fraction of sp³-hybridized carbons (Fsp3) is 0.615. The molecule has 0 heterocycles. The molecular weight excluding hydrogens is 492 g/mol. The maximum Gasteiger partial charge on any atom is 2.00 e. The van der Waals surface area contributed by atoms with Gasteiger partial charge in [-0.1, -0.05) is 0 Å². The fourth-order valence-electron chi connectivity index (χ4n) is 1.67. The molecule has 0 fully saturated rings. The Labute approximate surface area is 232 Å². The fourth-order valence-corrected chi connectivity index (χ4v) is 1.67. The van der Waals surface area contributed by atoms with Gasteiger partial charge in [-0.25, -0.2) is 4.89 Å². The molecule has 0 rings (SSSR count). The van der Waals surface area contributed by atoms with Crippen LogP contribution in [0.2, 0.25) is 0 Å². The second kappa shape index (κ2) is 15.5. The Morgan fingerprint density at radius 1 is 0.774 bits per heavy atom. The van der Waals surface area contributed by atoms with Crippen LogP contribution in [0.5, 0.6) is 0 Å². The molecule has 0 aromatic heterocycles. The first kappa shape index (κ1) is 35.2. The Bertz CT molecular complexity index is 655. The first-order valence-electron chi connectivity index (χ1n) is 7.25. The molecule has 166 valence electrons. The zero-order valence-corrected chi connectivity index (χ0v) is 20.0. The van der Waals surface area contributed by atoms with Crippen LogP contribution in [0, 0.1) is 0 Å². The van der Waals surface area contributed by atoms with Crippen molar-refractivity contribution in [1.82, 2.24) is 0 Å². The minimum absolute atomic E-state index is 0. The third-order valence-corrected chi connectivity index (χ3v) is 3.39. The van der Waals surface area contributed by atoms with E-state index in [0.29, 0.717) is 0 Å². The SMILES string of the molecule is O=C(CC(O)(C(=O)[O-])C(O)C(=O)[O-])OCOOCCC(O)(C(=O)[O-])C(O)C(=O)[O-].[Ca+2].[Ca+2]. The van der Waals surface area contributed by atoms with Crippen molar-refractivity contribution in [3.8, 4) is 0 Å². The van der Waals surface area contributed by atoms with Crippen LogP contribution in [0.1, 0.15) is 12.8 Å². The molecule has 0 aliphatic heterocycles. The van der Waals surface area contributed by atoms with Crippen LogP contribution >= 0.6 is 0 Å². The van der Waals surface area contributed by atoms with Crippen molar-refractivity contribution in [1.29, 1.82) is 0 Å². The average Bonchev–Trinajstić information content (AvgIpc) is 2.62. The van der Waals surface area contributed by atoms with Crippen molar-refractivity contribution in [3.63, 3.8) is 0 Å². The molecule has 18 heteroatoms. The summed E-state index contributed by atoms with van der Waals surface area (Å²) in [6.45, 7) is -2.06. The molecule has 0 aliphatic rings. The van der Waals surface area contributed by atoms with Gasteiger partial charge in [0.05, 0.1) is 36.9 Å². The van der Waals surface area contributed by atoms with Gasteiger partial charge in [-0.15, -0.1) is 0 Å². The number of aliphatic carboxylic acids is 4. The van der Waals surface area contributed by atoms with Crippen molar-refractivity contribution in [3.05, 3.63) is 0 Å². The molecule has 4 N–H and O–H groups in total. The number of rotatable bonds is 14. The standard InChI is InChI=1S/C13H18O16.2Ca/c14-5(3-13(26,11(23)24)7(16)9(19)20)27-4-29-28-2-1-12(25,10(21)22)6(15)8(17)18;;/h6-7,15-16,25-26H,1-4H2,(H,17,18)(H,19,20)(H,21,22)(H,23,24);;/q;2*+2/p-4. The van der Waals surface area contributed by atoms with Crippen LogP contribution in [0.25, 0.3) is 0 Å². The zero-order chi connectivity index (χ0) is 23.0. The first-order chi connectivity index (χ1) is 13.2. The summed E-state index contributed by atoms with van der Waals surface area (Å²) in [5.41, 5.74) is -6.91. The second-order valence-corrected chi connectivity index (χ2v) is 5.37. The number of ether oxygens (including phenoxy) is 1. The Hall–Kier alpha value is -0.371. The Balaban J connectivity index is -0.00000392. The summed E-state index contributed by atoms with van der Waals surface area (Å²) >= 11 is 0. The molecule has 0 saturated carbocycles. The molecule has 16 nitrogen and oxygen atoms in total. The van der Waals surface area contributed by atoms with E-state index in [1.54, 1.807) is 0 Å². The number of esters is 1. The predicted octanol–water partition coefficient (Wildman–Crippen LogP) is -10.4. The van der Waals surface area contributed by atoms with Gasteiger partial charge in [-0.2, -0.15) is 4.89 Å². The van der Waals surface area contributed by atoms with Gasteiger partial charge >= 0.3 is 81.4 Å². The van der Waals surface area contributed by atoms with Crippen LogP contribution < -0.4 is 20.4 Å². The largest absolute Gasteiger partial charge is 2.00 e. The second-order valence-electron chi connectivity index (χ2n) is 5.37. The maximum absolute atomic E-state index is 11.4. The molecular formula is C13H14Ca2O16. The van der Waals surface area contributed by atoms with Gasteiger partial charge in [0.2, 0.25) is 6.79 Å². The van der Waals surface area contributed by atoms with E-state index < -0.39 is 79.5 Å². The summed E-state index contributed by atoms with van der Waals surface area (Å²) in [5.74, 6) is -11.3. The number of aliphatic hydroxyl groups excluding tert-OH is 2. The number of hydrogen-bond donors (Lipinski definition) is 4. The molecule has 31 heavy (non-hydrogen) atoms. The summed E-state index contributed by atoms with van der Waals surface area (Å²) in [4.78, 5) is 62.1. The molecule has 0 aliphatic carbocycles. The molecule has 4 atom stereocenters. The average molecular weight is 506 g/mol. The van der Waals surface area contributed by atoms with Crippen molar-refractivity contribution < 1.29 is 79.3 Å². The van der Waals surface area contributed by atoms with E-state index in [2.05, 4.69) is 14.5 Å². The Morgan fingerprint density at radius 3 is 1.58 bits per heavy atom. The van der Waals surface area contributed by atoms with E-state index in [9.17, 15) is 54.6 Å². The number of hydrogen-bond acceptors (Lipinski definition) is 16. The predicted molar refractivity (Wildman–Crippen MR) is 80.7 cm³/mol. The quantitative estimate of drug-likeness (QED) is 0.0424. The number of carbonyl (C=O) groups is 5. The van der Waals surface area contributed by atoms with E-state index >= 15 is 0 Å². The first-order valence-corrected chi connectivity index (χ1v) is 7.25. The van der Waals surface area contributed by atoms with Crippen LogP contribution in [-0.2, 0) is 38.5 Å². The number of carboxylic acids is 4. The Kier molecular flexibility index (Phi) is 17.6. The van der Waals surface area contributed by atoms with E-state index in [0.717, 1.165) is 0 Å². The van der Waals surface area contributed by atoms with Crippen molar-refractivity contribution in [2.45, 2.75) is 36.3 Å². The Morgan fingerprint density at radius 2 is 1.19 bits per heavy atom. The third-order valence-electron chi connectivity index (χ3n) is 3.39. The molecule has 0 bridgehead atoms. The van der Waals surface area contributed by atoms with E-state index in [-0.39, 0.29) is 75.5 Å². The molecule has 0 radical (unpaired) electrons. The number of aliphatic hydroxyl groups is 4. The minimum atomic E-state index is -3.59. The summed E-state index contributed by atoms with van der Waals surface area (Å²) in [6, 6.07) is 0. The zero-order valence-electron chi connectivity index (χ0n) is 15.6. The van der Waals surface area contributed by atoms with Gasteiger partial charge in [-0.05, 0) is 0 Å². The third kappa shape index (κ3) is 10.4. The van der Waals surface area contributed by atoms with Crippen LogP contribution in [0.15, 0.2) is 0 Å². The van der Waals surface area contributed by atoms with Crippen molar-refractivity contribution >= 4 is 105 Å². The summed E-state index contributed by atoms with van der Waals surface area (Å²) in [5, 5.41) is 79.6. The van der Waals surface area contributed by atoms with Gasteiger partial charge < -0.3 is 64.8 Å². The molecule has 0 spiro atoms. The summed E-state index contributed by atoms with van der Waals surface area (Å²) < 4.78 is 4.18. The van der Waals surface area contributed by atoms with E-state index in [1.165, 1.54) is 0 Å². The molecule has 0 saturated heterocycles. The van der Waals surface area contributed by atoms with E-state index in [1.807, 2.05) is 0 Å². The van der Waals surface area contributed by atoms with Gasteiger partial charge in [-0.3, -0.25) is 4.79 Å². The number of carbonyl (C=O) groups excluding carboxylic acids is 5. The van der Waals surface area contributed by atoms with Gasteiger partial charge in [0.15, 0.2) is 0 Å². The minimum Gasteiger partial charge on any atom is -0.547 e. The molecule has 0 aromatic carbocycles.